The molecule has 1 aromatic rings. The van der Waals surface area contributed by atoms with Crippen molar-refractivity contribution in [3.05, 3.63) is 20.4 Å². The lowest BCUT2D eigenvalue weighted by Gasteiger charge is -2.28. The number of unbranched alkanes of at least 4 members (excludes halogenated alkanes) is 24. The Morgan fingerprint density at radius 2 is 0.931 bits per heavy atom. The van der Waals surface area contributed by atoms with Crippen LogP contribution >= 0.6 is 0 Å². The van der Waals surface area contributed by atoms with E-state index in [4.69, 9.17) is 9.47 Å². The van der Waals surface area contributed by atoms with Gasteiger partial charge < -0.3 is 19.7 Å². The van der Waals surface area contributed by atoms with E-state index < -0.39 is 5.43 Å². The Labute approximate surface area is 356 Å². The Balaban J connectivity index is 2.45. The van der Waals surface area contributed by atoms with Crippen molar-refractivity contribution in [2.24, 2.45) is 0 Å². The smallest absolute Gasteiger partial charge is 0.306 e. The van der Waals surface area contributed by atoms with Gasteiger partial charge >= 0.3 is 11.9 Å². The van der Waals surface area contributed by atoms with Gasteiger partial charge in [0.1, 0.15) is 17.5 Å². The molecular weight excluding hydrogens is 727 g/mol. The Morgan fingerprint density at radius 1 is 0.517 bits per heavy atom. The zero-order valence-electron chi connectivity index (χ0n) is 38.6. The van der Waals surface area contributed by atoms with Crippen molar-refractivity contribution in [3.63, 3.8) is 0 Å². The lowest BCUT2D eigenvalue weighted by molar-refractivity contribution is -0.150. The first-order chi connectivity index (χ1) is 28.2. The molecule has 0 saturated carbocycles. The minimum absolute atomic E-state index is 0.0373. The quantitative estimate of drug-likeness (QED) is 0.0298. The Hall–Kier alpha value is -2.42. The van der Waals surface area contributed by atoms with Gasteiger partial charge in [-0.05, 0) is 71.9 Å². The normalized spacial score (nSPS) is 11.6. The van der Waals surface area contributed by atoms with Crippen LogP contribution in [0.1, 0.15) is 233 Å². The summed E-state index contributed by atoms with van der Waals surface area (Å²) in [6, 6.07) is 0. The molecule has 0 saturated heterocycles. The average molecular weight is 818 g/mol. The maximum atomic E-state index is 12.9. The molecule has 1 aromatic carbocycles. The van der Waals surface area contributed by atoms with Gasteiger partial charge in [0.05, 0.1) is 13.3 Å². The molecule has 1 rings (SSSR count). The first-order valence-electron chi connectivity index (χ1n) is 24.6. The van der Waals surface area contributed by atoms with Gasteiger partial charge in [0, 0.05) is 25.9 Å². The summed E-state index contributed by atoms with van der Waals surface area (Å²) in [4.78, 5) is 54.4. The van der Waals surface area contributed by atoms with E-state index in [1.165, 1.54) is 96.3 Å². The molecular formula is C49H91N3O6. The van der Waals surface area contributed by atoms with Crippen LogP contribution in [0.25, 0.3) is 0 Å². The number of nitrogens with zero attached hydrogens (tertiary/aromatic N) is 2. The van der Waals surface area contributed by atoms with Crippen molar-refractivity contribution >= 4 is 23.3 Å². The highest BCUT2D eigenvalue weighted by Crippen LogP contribution is 2.23. The second-order valence-electron chi connectivity index (χ2n) is 17.4. The van der Waals surface area contributed by atoms with Gasteiger partial charge in [-0.1, -0.05) is 162 Å². The SMILES string of the molecule is CCCCCCCCCOC(=O)CCCCCCCN(CCCCCCCC(=O)OC(CCCCCCCC)CCCCCCCC)c1c(NCN(C)C)c(=O)c1=O. The van der Waals surface area contributed by atoms with Crippen LogP contribution in [-0.2, 0) is 19.1 Å². The predicted octanol–water partition coefficient (Wildman–Crippen LogP) is 12.4. The van der Waals surface area contributed by atoms with Gasteiger partial charge in [-0.25, -0.2) is 0 Å². The minimum atomic E-state index is -0.422. The topological polar surface area (TPSA) is 105 Å². The molecule has 0 heterocycles. The predicted molar refractivity (Wildman–Crippen MR) is 246 cm³/mol. The number of carbonyl (C=O) groups is 2. The van der Waals surface area contributed by atoms with E-state index in [1.807, 2.05) is 19.0 Å². The second-order valence-corrected chi connectivity index (χ2v) is 17.4. The summed E-state index contributed by atoms with van der Waals surface area (Å²) >= 11 is 0. The monoisotopic (exact) mass is 818 g/mol. The largest absolute Gasteiger partial charge is 0.466 e. The van der Waals surface area contributed by atoms with Gasteiger partial charge in [-0.15, -0.1) is 0 Å². The molecule has 0 aliphatic heterocycles. The molecule has 58 heavy (non-hydrogen) atoms. The highest BCUT2D eigenvalue weighted by Gasteiger charge is 2.25. The minimum Gasteiger partial charge on any atom is -0.466 e. The molecule has 0 atom stereocenters. The number of anilines is 2. The lowest BCUT2D eigenvalue weighted by atomic mass is 10.0. The third-order valence-electron chi connectivity index (χ3n) is 11.5. The highest BCUT2D eigenvalue weighted by molar-refractivity contribution is 5.75. The zero-order valence-corrected chi connectivity index (χ0v) is 38.6. The number of rotatable bonds is 43. The number of hydrogen-bond acceptors (Lipinski definition) is 9. The first kappa shape index (κ1) is 53.6. The Bertz CT molecular complexity index is 1180. The molecule has 0 unspecified atom stereocenters. The summed E-state index contributed by atoms with van der Waals surface area (Å²) in [6.07, 6.45) is 36.2. The van der Waals surface area contributed by atoms with E-state index in [9.17, 15) is 19.2 Å². The van der Waals surface area contributed by atoms with Crippen LogP contribution in [0.5, 0.6) is 0 Å². The molecule has 0 fully saturated rings. The number of ether oxygens (including phenoxy) is 2. The molecule has 0 radical (unpaired) electrons. The lowest BCUT2D eigenvalue weighted by Crippen LogP contribution is -2.44. The average Bonchev–Trinajstić information content (AvgIpc) is 3.21. The maximum absolute atomic E-state index is 12.9. The molecule has 0 aromatic heterocycles. The Morgan fingerprint density at radius 3 is 1.41 bits per heavy atom. The third kappa shape index (κ3) is 28.1. The van der Waals surface area contributed by atoms with Crippen molar-refractivity contribution in [2.75, 3.05) is 50.7 Å². The van der Waals surface area contributed by atoms with Crippen molar-refractivity contribution in [2.45, 2.75) is 239 Å². The van der Waals surface area contributed by atoms with Gasteiger partial charge in [0.25, 0.3) is 10.9 Å². The van der Waals surface area contributed by atoms with E-state index in [0.29, 0.717) is 37.5 Å². The summed E-state index contributed by atoms with van der Waals surface area (Å²) in [5, 5.41) is 3.18. The van der Waals surface area contributed by atoms with E-state index >= 15 is 0 Å². The van der Waals surface area contributed by atoms with Crippen LogP contribution in [0.2, 0.25) is 0 Å². The zero-order chi connectivity index (χ0) is 42.5. The first-order valence-corrected chi connectivity index (χ1v) is 24.6. The van der Waals surface area contributed by atoms with Crippen LogP contribution < -0.4 is 21.1 Å². The summed E-state index contributed by atoms with van der Waals surface area (Å²) in [5.74, 6) is -0.120. The van der Waals surface area contributed by atoms with Crippen LogP contribution in [0.4, 0.5) is 11.4 Å². The fraction of sp³-hybridized carbons (Fsp3) is 0.878. The molecule has 9 heteroatoms. The molecule has 0 amide bonds. The Kier molecular flexibility index (Phi) is 34.7. The summed E-state index contributed by atoms with van der Waals surface area (Å²) in [5.41, 5.74) is 0.170. The third-order valence-corrected chi connectivity index (χ3v) is 11.5. The van der Waals surface area contributed by atoms with Crippen LogP contribution in [0, 0.1) is 0 Å². The summed E-state index contributed by atoms with van der Waals surface area (Å²) < 4.78 is 11.5. The molecule has 0 aliphatic rings. The van der Waals surface area contributed by atoms with Crippen molar-refractivity contribution in [1.29, 1.82) is 0 Å². The van der Waals surface area contributed by atoms with E-state index in [2.05, 4.69) is 31.0 Å². The van der Waals surface area contributed by atoms with E-state index in [-0.39, 0.29) is 23.5 Å². The molecule has 0 bridgehead atoms. The summed E-state index contributed by atoms with van der Waals surface area (Å²) in [7, 11) is 3.86. The van der Waals surface area contributed by atoms with E-state index in [1.54, 1.807) is 0 Å². The number of nitrogens with one attached hydrogen (secondary N) is 1. The molecule has 0 aliphatic carbocycles. The van der Waals surface area contributed by atoms with Gasteiger partial charge in [0.15, 0.2) is 0 Å². The van der Waals surface area contributed by atoms with Crippen molar-refractivity contribution in [1.82, 2.24) is 4.90 Å². The van der Waals surface area contributed by atoms with Crippen LogP contribution in [-0.4, -0.2) is 63.4 Å². The molecule has 1 N–H and O–H groups in total. The van der Waals surface area contributed by atoms with E-state index in [0.717, 1.165) is 116 Å². The second kappa shape index (κ2) is 37.6. The van der Waals surface area contributed by atoms with Crippen molar-refractivity contribution < 1.29 is 19.1 Å². The highest BCUT2D eigenvalue weighted by atomic mass is 16.5. The van der Waals surface area contributed by atoms with Gasteiger partial charge in [0.2, 0.25) is 0 Å². The van der Waals surface area contributed by atoms with Crippen LogP contribution in [0.3, 0.4) is 0 Å². The van der Waals surface area contributed by atoms with Crippen LogP contribution in [0.15, 0.2) is 9.59 Å². The van der Waals surface area contributed by atoms with Gasteiger partial charge in [-0.2, -0.15) is 0 Å². The number of carbonyl (C=O) groups excluding carboxylic acids is 2. The van der Waals surface area contributed by atoms with Crippen molar-refractivity contribution in [3.8, 4) is 0 Å². The standard InChI is InChI=1S/C49H91N3O6/c1-6-9-12-15-18-27-34-41-57-44(53)37-30-23-19-25-32-39-52(47-46(48(55)49(47)56)50-42-51(4)5)40-33-26-20-24-31-38-45(54)58-43(35-28-21-16-13-10-7-2)36-29-22-17-14-11-8-3/h43,50H,6-42H2,1-5H3. The summed E-state index contributed by atoms with van der Waals surface area (Å²) in [6.45, 7) is 9.22. The molecule has 338 valence electrons. The molecule has 9 nitrogen and oxygen atoms in total. The van der Waals surface area contributed by atoms with Gasteiger partial charge in [-0.3, -0.25) is 24.1 Å². The fourth-order valence-corrected chi connectivity index (χ4v) is 7.75. The number of hydrogen-bond donors (Lipinski definition) is 1. The maximum Gasteiger partial charge on any atom is 0.306 e. The molecule has 0 spiro atoms. The fourth-order valence-electron chi connectivity index (χ4n) is 7.75. The number of esters is 2.